The van der Waals surface area contributed by atoms with Crippen LogP contribution in [0.3, 0.4) is 0 Å². The number of ether oxygens (including phenoxy) is 4. The van der Waals surface area contributed by atoms with Crippen molar-refractivity contribution in [2.24, 2.45) is 0 Å². The predicted octanol–water partition coefficient (Wildman–Crippen LogP) is 1.81. The SMILES string of the molecule is COCCn1nnnc1[C@@H](c1cc2cc3c(cc2[nH]c1=O)OCO3)N1CCN(c2ccccc2OC)CC1. The second kappa shape index (κ2) is 10.3. The third-order valence-corrected chi connectivity index (χ3v) is 7.08. The molecule has 0 aliphatic carbocycles. The van der Waals surface area contributed by atoms with Gasteiger partial charge in [0.25, 0.3) is 5.56 Å². The topological polar surface area (TPSA) is 120 Å². The van der Waals surface area contributed by atoms with Crippen LogP contribution in [0, 0.1) is 0 Å². The molecule has 1 fully saturated rings. The summed E-state index contributed by atoms with van der Waals surface area (Å²) in [5, 5.41) is 13.4. The van der Waals surface area contributed by atoms with Gasteiger partial charge in [0.2, 0.25) is 6.79 Å². The third kappa shape index (κ3) is 4.41. The number of piperazine rings is 1. The van der Waals surface area contributed by atoms with Crippen LogP contribution in [-0.2, 0) is 11.3 Å². The third-order valence-electron chi connectivity index (χ3n) is 7.08. The molecule has 1 saturated heterocycles. The minimum atomic E-state index is -0.458. The van der Waals surface area contributed by atoms with Crippen molar-refractivity contribution in [1.29, 1.82) is 0 Å². The Bertz CT molecular complexity index is 1500. The molecular formula is C26H29N7O5. The molecule has 6 rings (SSSR count). The first-order valence-electron chi connectivity index (χ1n) is 12.5. The molecule has 0 radical (unpaired) electrons. The number of fused-ring (bicyclic) bond motifs is 2. The first kappa shape index (κ1) is 24.2. The number of benzene rings is 2. The van der Waals surface area contributed by atoms with Gasteiger partial charge in [0.1, 0.15) is 11.8 Å². The maximum Gasteiger partial charge on any atom is 0.253 e. The summed E-state index contributed by atoms with van der Waals surface area (Å²) in [4.78, 5) is 21.1. The molecule has 0 bridgehead atoms. The lowest BCUT2D eigenvalue weighted by molar-refractivity contribution is 0.171. The minimum Gasteiger partial charge on any atom is -0.495 e. The number of nitrogens with zero attached hydrogens (tertiary/aromatic N) is 6. The number of rotatable bonds is 8. The Labute approximate surface area is 218 Å². The van der Waals surface area contributed by atoms with Crippen LogP contribution in [0.15, 0.2) is 47.3 Å². The van der Waals surface area contributed by atoms with E-state index in [0.717, 1.165) is 29.9 Å². The number of tetrazole rings is 1. The first-order chi connectivity index (χ1) is 18.7. The second-order valence-corrected chi connectivity index (χ2v) is 9.20. The van der Waals surface area contributed by atoms with Crippen molar-refractivity contribution in [2.45, 2.75) is 12.6 Å². The summed E-state index contributed by atoms with van der Waals surface area (Å²) in [5.41, 5.74) is 2.10. The summed E-state index contributed by atoms with van der Waals surface area (Å²) in [7, 11) is 3.32. The quantitative estimate of drug-likeness (QED) is 0.369. The lowest BCUT2D eigenvalue weighted by Gasteiger charge is -2.40. The van der Waals surface area contributed by atoms with Crippen LogP contribution in [0.5, 0.6) is 17.2 Å². The number of nitrogens with one attached hydrogen (secondary N) is 1. The minimum absolute atomic E-state index is 0.163. The van der Waals surface area contributed by atoms with Crippen molar-refractivity contribution >= 4 is 16.6 Å². The van der Waals surface area contributed by atoms with Gasteiger partial charge in [-0.1, -0.05) is 12.1 Å². The van der Waals surface area contributed by atoms with Crippen molar-refractivity contribution in [2.75, 3.05) is 58.7 Å². The van der Waals surface area contributed by atoms with Crippen LogP contribution in [0.25, 0.3) is 10.9 Å². The van der Waals surface area contributed by atoms with Crippen molar-refractivity contribution in [3.05, 3.63) is 64.2 Å². The van der Waals surface area contributed by atoms with Crippen LogP contribution in [0.2, 0.25) is 0 Å². The lowest BCUT2D eigenvalue weighted by Crippen LogP contribution is -2.49. The number of anilines is 1. The molecule has 2 aliphatic rings. The summed E-state index contributed by atoms with van der Waals surface area (Å²) in [6, 6.07) is 13.1. The average Bonchev–Trinajstić information content (AvgIpc) is 3.60. The standard InChI is InChI=1S/C26H29N7O5/c1-35-12-11-33-25(28-29-30-33)24(32-9-7-31(8-10-32)20-5-3-4-6-21(20)36-2)18-13-17-14-22-23(38-16-37-22)15-19(17)27-26(18)34/h3-6,13-15,24H,7-12,16H2,1-2H3,(H,27,34)/t24-/m1/s1. The van der Waals surface area contributed by atoms with Crippen molar-refractivity contribution in [1.82, 2.24) is 30.1 Å². The van der Waals surface area contributed by atoms with E-state index in [1.54, 1.807) is 25.0 Å². The number of H-pyrrole nitrogens is 1. The fraction of sp³-hybridized carbons (Fsp3) is 0.385. The molecule has 198 valence electrons. The zero-order valence-corrected chi connectivity index (χ0v) is 21.3. The second-order valence-electron chi connectivity index (χ2n) is 9.20. The van der Waals surface area contributed by atoms with Crippen LogP contribution in [0.1, 0.15) is 17.4 Å². The van der Waals surface area contributed by atoms with Gasteiger partial charge in [-0.05, 0) is 34.7 Å². The van der Waals surface area contributed by atoms with Crippen molar-refractivity contribution in [3.8, 4) is 17.2 Å². The van der Waals surface area contributed by atoms with Gasteiger partial charge >= 0.3 is 0 Å². The van der Waals surface area contributed by atoms with Crippen LogP contribution in [0.4, 0.5) is 5.69 Å². The maximum absolute atomic E-state index is 13.5. The number of aromatic nitrogens is 5. The van der Waals surface area contributed by atoms with Gasteiger partial charge in [-0.15, -0.1) is 5.10 Å². The van der Waals surface area contributed by atoms with E-state index in [9.17, 15) is 4.79 Å². The summed E-state index contributed by atoms with van der Waals surface area (Å²) in [6.07, 6.45) is 0. The zero-order valence-electron chi connectivity index (χ0n) is 21.3. The number of para-hydroxylation sites is 2. The van der Waals surface area contributed by atoms with Gasteiger partial charge in [-0.25, -0.2) is 4.68 Å². The Morgan fingerprint density at radius 2 is 1.84 bits per heavy atom. The maximum atomic E-state index is 13.5. The molecule has 0 amide bonds. The van der Waals surface area contributed by atoms with Crippen LogP contribution < -0.4 is 24.7 Å². The smallest absolute Gasteiger partial charge is 0.253 e. The number of aromatic amines is 1. The van der Waals surface area contributed by atoms with Crippen molar-refractivity contribution in [3.63, 3.8) is 0 Å². The van der Waals surface area contributed by atoms with Gasteiger partial charge in [0.05, 0.1) is 31.5 Å². The van der Waals surface area contributed by atoms with Crippen LogP contribution >= 0.6 is 0 Å². The monoisotopic (exact) mass is 519 g/mol. The zero-order chi connectivity index (χ0) is 26.1. The molecule has 0 unspecified atom stereocenters. The van der Waals surface area contributed by atoms with Gasteiger partial charge in [-0.2, -0.15) is 0 Å². The largest absolute Gasteiger partial charge is 0.495 e. The average molecular weight is 520 g/mol. The van der Waals surface area contributed by atoms with E-state index in [4.69, 9.17) is 18.9 Å². The fourth-order valence-electron chi connectivity index (χ4n) is 5.17. The van der Waals surface area contributed by atoms with E-state index in [1.165, 1.54) is 0 Å². The molecule has 4 heterocycles. The summed E-state index contributed by atoms with van der Waals surface area (Å²) >= 11 is 0. The molecule has 0 saturated carbocycles. The molecule has 38 heavy (non-hydrogen) atoms. The molecule has 12 heteroatoms. The highest BCUT2D eigenvalue weighted by Gasteiger charge is 2.33. The molecule has 4 aromatic rings. The highest BCUT2D eigenvalue weighted by molar-refractivity contribution is 5.83. The first-order valence-corrected chi connectivity index (χ1v) is 12.5. The molecule has 1 N–H and O–H groups in total. The van der Waals surface area contributed by atoms with Gasteiger partial charge in [-0.3, -0.25) is 9.69 Å². The lowest BCUT2D eigenvalue weighted by atomic mass is 10.0. The van der Waals surface area contributed by atoms with E-state index in [0.29, 0.717) is 54.6 Å². The van der Waals surface area contributed by atoms with Crippen molar-refractivity contribution < 1.29 is 18.9 Å². The van der Waals surface area contributed by atoms with E-state index in [1.807, 2.05) is 30.3 Å². The molecule has 2 aromatic heterocycles. The van der Waals surface area contributed by atoms with Gasteiger partial charge < -0.3 is 28.8 Å². The molecule has 2 aliphatic heterocycles. The number of hydrogen-bond donors (Lipinski definition) is 1. The molecule has 1 atom stereocenters. The number of hydrogen-bond acceptors (Lipinski definition) is 10. The Hall–Kier alpha value is -4.16. The number of pyridine rings is 1. The van der Waals surface area contributed by atoms with E-state index >= 15 is 0 Å². The molecular weight excluding hydrogens is 490 g/mol. The van der Waals surface area contributed by atoms with Gasteiger partial charge in [0, 0.05) is 50.3 Å². The highest BCUT2D eigenvalue weighted by atomic mass is 16.7. The fourth-order valence-corrected chi connectivity index (χ4v) is 5.17. The Morgan fingerprint density at radius 1 is 1.05 bits per heavy atom. The highest BCUT2D eigenvalue weighted by Crippen LogP contribution is 2.37. The Morgan fingerprint density at radius 3 is 2.63 bits per heavy atom. The Kier molecular flexibility index (Phi) is 6.56. The van der Waals surface area contributed by atoms with E-state index in [2.05, 4.69) is 36.4 Å². The summed E-state index contributed by atoms with van der Waals surface area (Å²) < 4.78 is 23.6. The predicted molar refractivity (Wildman–Crippen MR) is 139 cm³/mol. The Balaban J connectivity index is 1.37. The molecule has 0 spiro atoms. The molecule has 12 nitrogen and oxygen atoms in total. The van der Waals surface area contributed by atoms with Crippen LogP contribution in [-0.4, -0.2) is 83.9 Å². The normalized spacial score (nSPS) is 16.2. The summed E-state index contributed by atoms with van der Waals surface area (Å²) in [6.45, 7) is 3.97. The van der Waals surface area contributed by atoms with E-state index < -0.39 is 6.04 Å². The number of methoxy groups -OCH3 is 2. The van der Waals surface area contributed by atoms with Gasteiger partial charge in [0.15, 0.2) is 17.3 Å². The van der Waals surface area contributed by atoms with E-state index in [-0.39, 0.29) is 12.4 Å². The molecule has 2 aromatic carbocycles. The summed E-state index contributed by atoms with van der Waals surface area (Å²) in [5.74, 6) is 2.71.